The third kappa shape index (κ3) is 3.55. The van der Waals surface area contributed by atoms with E-state index in [1.807, 2.05) is 0 Å². The standard InChI is InChI=1S/C17H13ClN2O4/c1-22-14-7-2-11(9-21)8-15(14)23-10-16-19-20-17(24-16)12-3-5-13(18)6-4-12/h2-9H,10H2,1H3. The first kappa shape index (κ1) is 16.0. The summed E-state index contributed by atoms with van der Waals surface area (Å²) in [5, 5.41) is 8.55. The van der Waals surface area contributed by atoms with Gasteiger partial charge in [0, 0.05) is 16.1 Å². The van der Waals surface area contributed by atoms with Crippen molar-refractivity contribution in [3.05, 3.63) is 58.9 Å². The van der Waals surface area contributed by atoms with Crippen LogP contribution in [-0.2, 0) is 6.61 Å². The van der Waals surface area contributed by atoms with Gasteiger partial charge in [0.15, 0.2) is 18.1 Å². The fourth-order valence-corrected chi connectivity index (χ4v) is 2.17. The molecule has 0 aliphatic heterocycles. The zero-order valence-electron chi connectivity index (χ0n) is 12.7. The molecule has 0 saturated heterocycles. The van der Waals surface area contributed by atoms with Crippen molar-refractivity contribution in [3.8, 4) is 23.0 Å². The fourth-order valence-electron chi connectivity index (χ4n) is 2.04. The van der Waals surface area contributed by atoms with Crippen LogP contribution in [0.15, 0.2) is 46.9 Å². The summed E-state index contributed by atoms with van der Waals surface area (Å²) in [5.74, 6) is 1.61. The number of carbonyl (C=O) groups is 1. The van der Waals surface area contributed by atoms with Gasteiger partial charge in [0.1, 0.15) is 6.29 Å². The number of halogens is 1. The molecule has 0 amide bonds. The number of nitrogens with zero attached hydrogens (tertiary/aromatic N) is 2. The summed E-state index contributed by atoms with van der Waals surface area (Å²) in [6, 6.07) is 12.0. The molecule has 0 N–H and O–H groups in total. The Labute approximate surface area is 143 Å². The molecule has 3 aromatic rings. The number of aldehydes is 1. The first-order valence-corrected chi connectivity index (χ1v) is 7.41. The maximum absolute atomic E-state index is 10.9. The third-order valence-corrected chi connectivity index (χ3v) is 3.48. The van der Waals surface area contributed by atoms with Crippen LogP contribution in [0.1, 0.15) is 16.2 Å². The molecule has 0 radical (unpaired) electrons. The normalized spacial score (nSPS) is 10.4. The summed E-state index contributed by atoms with van der Waals surface area (Å²) in [4.78, 5) is 10.9. The lowest BCUT2D eigenvalue weighted by Gasteiger charge is -2.09. The predicted molar refractivity (Wildman–Crippen MR) is 87.5 cm³/mol. The maximum Gasteiger partial charge on any atom is 0.254 e. The van der Waals surface area contributed by atoms with E-state index in [-0.39, 0.29) is 6.61 Å². The highest BCUT2D eigenvalue weighted by molar-refractivity contribution is 6.30. The lowest BCUT2D eigenvalue weighted by atomic mass is 10.2. The van der Waals surface area contributed by atoms with Crippen LogP contribution in [0.2, 0.25) is 5.02 Å². The predicted octanol–water partition coefficient (Wildman–Crippen LogP) is 3.79. The molecule has 0 aliphatic rings. The Morgan fingerprint density at radius 1 is 1.12 bits per heavy atom. The SMILES string of the molecule is COc1ccc(C=O)cc1OCc1nnc(-c2ccc(Cl)cc2)o1. The molecular weight excluding hydrogens is 332 g/mol. The van der Waals surface area contributed by atoms with Crippen LogP contribution in [0, 0.1) is 0 Å². The minimum atomic E-state index is 0.0548. The molecule has 0 unspecified atom stereocenters. The van der Waals surface area contributed by atoms with Gasteiger partial charge in [-0.25, -0.2) is 0 Å². The monoisotopic (exact) mass is 344 g/mol. The summed E-state index contributed by atoms with van der Waals surface area (Å²) < 4.78 is 16.4. The van der Waals surface area contributed by atoms with Gasteiger partial charge in [-0.3, -0.25) is 4.79 Å². The lowest BCUT2D eigenvalue weighted by Crippen LogP contribution is -1.99. The molecule has 0 aliphatic carbocycles. The summed E-state index contributed by atoms with van der Waals surface area (Å²) in [7, 11) is 1.52. The maximum atomic E-state index is 10.9. The first-order chi connectivity index (χ1) is 11.7. The summed E-state index contributed by atoms with van der Waals surface area (Å²) in [6.45, 7) is 0.0548. The number of hydrogen-bond acceptors (Lipinski definition) is 6. The van der Waals surface area contributed by atoms with E-state index in [0.717, 1.165) is 11.8 Å². The highest BCUT2D eigenvalue weighted by Gasteiger charge is 2.11. The van der Waals surface area contributed by atoms with Crippen molar-refractivity contribution >= 4 is 17.9 Å². The molecule has 0 spiro atoms. The van der Waals surface area contributed by atoms with Gasteiger partial charge in [0.2, 0.25) is 5.89 Å². The lowest BCUT2D eigenvalue weighted by molar-refractivity contribution is 0.112. The molecule has 1 heterocycles. The smallest absolute Gasteiger partial charge is 0.254 e. The number of carbonyl (C=O) groups excluding carboxylic acids is 1. The zero-order valence-corrected chi connectivity index (χ0v) is 13.5. The molecule has 0 bridgehead atoms. The Morgan fingerprint density at radius 2 is 1.92 bits per heavy atom. The Morgan fingerprint density at radius 3 is 2.62 bits per heavy atom. The highest BCUT2D eigenvalue weighted by Crippen LogP contribution is 2.28. The molecule has 2 aromatic carbocycles. The topological polar surface area (TPSA) is 74.5 Å². The van der Waals surface area contributed by atoms with Crippen molar-refractivity contribution < 1.29 is 18.7 Å². The Bertz CT molecular complexity index is 846. The zero-order chi connectivity index (χ0) is 16.9. The average Bonchev–Trinajstić information content (AvgIpc) is 3.09. The molecule has 3 rings (SSSR count). The van der Waals surface area contributed by atoms with E-state index in [9.17, 15) is 4.79 Å². The Kier molecular flexibility index (Phi) is 4.77. The minimum absolute atomic E-state index is 0.0548. The molecule has 0 atom stereocenters. The van der Waals surface area contributed by atoms with Gasteiger partial charge >= 0.3 is 0 Å². The second-order valence-electron chi connectivity index (χ2n) is 4.82. The van der Waals surface area contributed by atoms with Gasteiger partial charge in [-0.1, -0.05) is 11.6 Å². The van der Waals surface area contributed by atoms with E-state index in [1.54, 1.807) is 42.5 Å². The average molecular weight is 345 g/mol. The number of aromatic nitrogens is 2. The van der Waals surface area contributed by atoms with Crippen LogP contribution in [-0.4, -0.2) is 23.6 Å². The van der Waals surface area contributed by atoms with Crippen molar-refractivity contribution in [1.82, 2.24) is 10.2 Å². The van der Waals surface area contributed by atoms with E-state index in [4.69, 9.17) is 25.5 Å². The van der Waals surface area contributed by atoms with E-state index >= 15 is 0 Å². The summed E-state index contributed by atoms with van der Waals surface area (Å²) in [5.41, 5.74) is 1.25. The Balaban J connectivity index is 1.74. The van der Waals surface area contributed by atoms with Gasteiger partial charge in [-0.2, -0.15) is 0 Å². The second-order valence-corrected chi connectivity index (χ2v) is 5.26. The number of methoxy groups -OCH3 is 1. The van der Waals surface area contributed by atoms with Gasteiger partial charge in [-0.05, 0) is 42.5 Å². The van der Waals surface area contributed by atoms with Crippen molar-refractivity contribution in [3.63, 3.8) is 0 Å². The van der Waals surface area contributed by atoms with E-state index in [0.29, 0.717) is 33.9 Å². The van der Waals surface area contributed by atoms with Crippen LogP contribution >= 0.6 is 11.6 Å². The molecule has 24 heavy (non-hydrogen) atoms. The fraction of sp³-hybridized carbons (Fsp3) is 0.118. The minimum Gasteiger partial charge on any atom is -0.493 e. The van der Waals surface area contributed by atoms with E-state index in [1.165, 1.54) is 7.11 Å². The molecule has 0 fully saturated rings. The van der Waals surface area contributed by atoms with Crippen LogP contribution in [0.3, 0.4) is 0 Å². The Hall–Kier alpha value is -2.86. The van der Waals surface area contributed by atoms with Gasteiger partial charge < -0.3 is 13.9 Å². The van der Waals surface area contributed by atoms with E-state index < -0.39 is 0 Å². The molecule has 6 nitrogen and oxygen atoms in total. The van der Waals surface area contributed by atoms with Crippen molar-refractivity contribution in [2.75, 3.05) is 7.11 Å². The van der Waals surface area contributed by atoms with Crippen LogP contribution in [0.4, 0.5) is 0 Å². The van der Waals surface area contributed by atoms with Gasteiger partial charge in [0.05, 0.1) is 7.11 Å². The number of benzene rings is 2. The first-order valence-electron chi connectivity index (χ1n) is 7.04. The quantitative estimate of drug-likeness (QED) is 0.633. The molecule has 0 saturated carbocycles. The second kappa shape index (κ2) is 7.14. The van der Waals surface area contributed by atoms with Crippen LogP contribution in [0.25, 0.3) is 11.5 Å². The van der Waals surface area contributed by atoms with Gasteiger partial charge in [0.25, 0.3) is 5.89 Å². The molecule has 122 valence electrons. The van der Waals surface area contributed by atoms with E-state index in [2.05, 4.69) is 10.2 Å². The number of ether oxygens (including phenoxy) is 2. The molecule has 1 aromatic heterocycles. The van der Waals surface area contributed by atoms with Crippen molar-refractivity contribution in [2.24, 2.45) is 0 Å². The highest BCUT2D eigenvalue weighted by atomic mass is 35.5. The van der Waals surface area contributed by atoms with Crippen LogP contribution < -0.4 is 9.47 Å². The third-order valence-electron chi connectivity index (χ3n) is 3.23. The summed E-state index contributed by atoms with van der Waals surface area (Å²) in [6.07, 6.45) is 0.734. The number of rotatable bonds is 6. The van der Waals surface area contributed by atoms with Crippen molar-refractivity contribution in [2.45, 2.75) is 6.61 Å². The summed E-state index contributed by atoms with van der Waals surface area (Å²) >= 11 is 5.85. The van der Waals surface area contributed by atoms with Gasteiger partial charge in [-0.15, -0.1) is 10.2 Å². The molecule has 7 heteroatoms. The molecular formula is C17H13ClN2O4. The van der Waals surface area contributed by atoms with Crippen molar-refractivity contribution in [1.29, 1.82) is 0 Å². The number of hydrogen-bond donors (Lipinski definition) is 0. The largest absolute Gasteiger partial charge is 0.493 e. The van der Waals surface area contributed by atoms with Crippen LogP contribution in [0.5, 0.6) is 11.5 Å².